The van der Waals surface area contributed by atoms with E-state index in [2.05, 4.69) is 11.4 Å². The van der Waals surface area contributed by atoms with E-state index in [1.54, 1.807) is 32.9 Å². The van der Waals surface area contributed by atoms with Crippen molar-refractivity contribution in [3.63, 3.8) is 0 Å². The fourth-order valence-corrected chi connectivity index (χ4v) is 5.71. The molecule has 7 nitrogen and oxygen atoms in total. The van der Waals surface area contributed by atoms with Gasteiger partial charge in [-0.3, -0.25) is 9.59 Å². The van der Waals surface area contributed by atoms with E-state index in [0.29, 0.717) is 12.8 Å². The Bertz CT molecular complexity index is 990. The van der Waals surface area contributed by atoms with Crippen LogP contribution >= 0.6 is 11.6 Å². The van der Waals surface area contributed by atoms with Gasteiger partial charge in [0.1, 0.15) is 11.6 Å². The highest BCUT2D eigenvalue weighted by Crippen LogP contribution is 2.37. The number of hydrogen-bond donors (Lipinski definition) is 1. The van der Waals surface area contributed by atoms with Crippen LogP contribution in [0.1, 0.15) is 40.0 Å². The second-order valence-electron chi connectivity index (χ2n) is 8.74. The van der Waals surface area contributed by atoms with Crippen LogP contribution in [0.2, 0.25) is 5.02 Å². The van der Waals surface area contributed by atoms with Crippen molar-refractivity contribution < 1.29 is 18.0 Å². The highest BCUT2D eigenvalue weighted by Gasteiger charge is 2.51. The number of rotatable bonds is 4. The lowest BCUT2D eigenvalue weighted by molar-refractivity contribution is -0.144. The number of likely N-dealkylation sites (tertiary alicyclic amines) is 1. The minimum absolute atomic E-state index is 0.00781. The van der Waals surface area contributed by atoms with Crippen LogP contribution in [0, 0.1) is 16.7 Å². The maximum Gasteiger partial charge on any atom is 0.244 e. The smallest absolute Gasteiger partial charge is 0.244 e. The molecule has 1 aliphatic heterocycles. The van der Waals surface area contributed by atoms with Crippen LogP contribution in [0.4, 0.5) is 0 Å². The van der Waals surface area contributed by atoms with E-state index < -0.39 is 38.0 Å². The summed E-state index contributed by atoms with van der Waals surface area (Å²) in [5, 5.41) is 11.1. The molecule has 1 aromatic carbocycles. The second-order valence-corrected chi connectivity index (χ2v) is 11.3. The number of nitrogens with zero attached hydrogens (tertiary/aromatic N) is 2. The molecule has 0 bridgehead atoms. The molecule has 29 heavy (non-hydrogen) atoms. The van der Waals surface area contributed by atoms with Crippen molar-refractivity contribution in [2.24, 2.45) is 5.41 Å². The molecule has 156 valence electrons. The topological polar surface area (TPSA) is 107 Å². The summed E-state index contributed by atoms with van der Waals surface area (Å²) in [4.78, 5) is 27.2. The van der Waals surface area contributed by atoms with Crippen LogP contribution in [0.5, 0.6) is 0 Å². The Balaban J connectivity index is 1.92. The van der Waals surface area contributed by atoms with Crippen molar-refractivity contribution in [3.05, 3.63) is 29.3 Å². The largest absolute Gasteiger partial charge is 0.336 e. The third kappa shape index (κ3) is 4.12. The molecular formula is C20H24ClN3O4S. The summed E-state index contributed by atoms with van der Waals surface area (Å²) in [5.41, 5.74) is -1.68. The number of carbonyl (C=O) groups is 2. The van der Waals surface area contributed by atoms with Gasteiger partial charge in [0, 0.05) is 12.0 Å². The normalized spacial score (nSPS) is 23.3. The molecule has 2 aliphatic rings. The molecule has 1 aliphatic carbocycles. The predicted molar refractivity (Wildman–Crippen MR) is 108 cm³/mol. The van der Waals surface area contributed by atoms with Crippen LogP contribution in [0.25, 0.3) is 0 Å². The summed E-state index contributed by atoms with van der Waals surface area (Å²) in [6, 6.07) is 7.28. The molecule has 1 saturated carbocycles. The number of carbonyl (C=O) groups excluding carboxylic acids is 2. The van der Waals surface area contributed by atoms with Gasteiger partial charge in [-0.25, -0.2) is 8.42 Å². The quantitative estimate of drug-likeness (QED) is 0.777. The van der Waals surface area contributed by atoms with Crippen molar-refractivity contribution in [1.82, 2.24) is 10.2 Å². The lowest BCUT2D eigenvalue weighted by Crippen LogP contribution is -2.51. The van der Waals surface area contributed by atoms with E-state index in [4.69, 9.17) is 11.6 Å². The molecule has 1 N–H and O–H groups in total. The van der Waals surface area contributed by atoms with Gasteiger partial charge in [-0.05, 0) is 31.4 Å². The van der Waals surface area contributed by atoms with E-state index >= 15 is 0 Å². The molecule has 1 aromatic rings. The van der Waals surface area contributed by atoms with Gasteiger partial charge in [0.25, 0.3) is 0 Å². The minimum atomic E-state index is -3.85. The Kier molecular flexibility index (Phi) is 5.43. The average Bonchev–Trinajstić information content (AvgIpc) is 3.26. The van der Waals surface area contributed by atoms with Gasteiger partial charge in [-0.1, -0.05) is 44.5 Å². The second kappa shape index (κ2) is 7.29. The number of halogens is 1. The Morgan fingerprint density at radius 2 is 1.90 bits per heavy atom. The first-order chi connectivity index (χ1) is 13.4. The Labute approximate surface area is 175 Å². The first-order valence-electron chi connectivity index (χ1n) is 9.44. The SMILES string of the molecule is CC(C)(C)C(=O)N1CC(S(=O)(=O)c2ccccc2Cl)CC1C(=O)NC1(C#N)CC1. The van der Waals surface area contributed by atoms with Gasteiger partial charge in [-0.15, -0.1) is 0 Å². The van der Waals surface area contributed by atoms with Crippen molar-refractivity contribution in [2.75, 3.05) is 6.54 Å². The third-order valence-electron chi connectivity index (χ3n) is 5.38. The summed E-state index contributed by atoms with van der Waals surface area (Å²) in [7, 11) is -3.85. The minimum Gasteiger partial charge on any atom is -0.336 e. The van der Waals surface area contributed by atoms with Gasteiger partial charge in [-0.2, -0.15) is 5.26 Å². The van der Waals surface area contributed by atoms with Gasteiger partial charge in [0.2, 0.25) is 11.8 Å². The van der Waals surface area contributed by atoms with Crippen LogP contribution in [-0.2, 0) is 19.4 Å². The lowest BCUT2D eigenvalue weighted by atomic mass is 9.94. The molecular weight excluding hydrogens is 414 g/mol. The zero-order chi connectivity index (χ0) is 21.6. The number of nitriles is 1. The highest BCUT2D eigenvalue weighted by atomic mass is 35.5. The molecule has 0 radical (unpaired) electrons. The average molecular weight is 438 g/mol. The summed E-state index contributed by atoms with van der Waals surface area (Å²) < 4.78 is 26.4. The van der Waals surface area contributed by atoms with Crippen LogP contribution in [0.15, 0.2) is 29.2 Å². The zero-order valence-corrected chi connectivity index (χ0v) is 18.2. The van der Waals surface area contributed by atoms with E-state index in [0.717, 1.165) is 0 Å². The lowest BCUT2D eigenvalue weighted by Gasteiger charge is -2.30. The van der Waals surface area contributed by atoms with E-state index in [9.17, 15) is 23.3 Å². The molecule has 0 aromatic heterocycles. The van der Waals surface area contributed by atoms with Crippen LogP contribution in [-0.4, -0.2) is 48.5 Å². The van der Waals surface area contributed by atoms with Gasteiger partial charge < -0.3 is 10.2 Å². The fourth-order valence-electron chi connectivity index (χ4n) is 3.49. The zero-order valence-electron chi connectivity index (χ0n) is 16.6. The summed E-state index contributed by atoms with van der Waals surface area (Å²) in [6.45, 7) is 5.06. The van der Waals surface area contributed by atoms with Gasteiger partial charge in [0.15, 0.2) is 9.84 Å². The first-order valence-corrected chi connectivity index (χ1v) is 11.4. The molecule has 0 spiro atoms. The van der Waals surface area contributed by atoms with Crippen molar-refractivity contribution in [1.29, 1.82) is 5.26 Å². The summed E-state index contributed by atoms with van der Waals surface area (Å²) >= 11 is 6.10. The summed E-state index contributed by atoms with van der Waals surface area (Å²) in [6.07, 6.45) is 1.07. The number of hydrogen-bond acceptors (Lipinski definition) is 5. The fraction of sp³-hybridized carbons (Fsp3) is 0.550. The predicted octanol–water partition coefficient (Wildman–Crippen LogP) is 2.30. The maximum atomic E-state index is 13.2. The van der Waals surface area contributed by atoms with Crippen molar-refractivity contribution >= 4 is 33.3 Å². The number of benzene rings is 1. The van der Waals surface area contributed by atoms with E-state index in [1.165, 1.54) is 17.0 Å². The first kappa shape index (κ1) is 21.6. The summed E-state index contributed by atoms with van der Waals surface area (Å²) in [5.74, 6) is -0.796. The molecule has 2 atom stereocenters. The maximum absolute atomic E-state index is 13.2. The standard InChI is InChI=1S/C20H24ClN3O4S/c1-19(2,3)18(26)24-11-13(29(27,28)16-7-5-4-6-14(16)21)10-15(24)17(25)23-20(12-22)8-9-20/h4-7,13,15H,8-11H2,1-3H3,(H,23,25). The van der Waals surface area contributed by atoms with Crippen LogP contribution < -0.4 is 5.32 Å². The van der Waals surface area contributed by atoms with Crippen molar-refractivity contribution in [2.45, 2.75) is 61.8 Å². The number of nitrogens with one attached hydrogen (secondary N) is 1. The van der Waals surface area contributed by atoms with E-state index in [1.807, 2.05) is 0 Å². The molecule has 2 amide bonds. The third-order valence-corrected chi connectivity index (χ3v) is 8.01. The number of amides is 2. The molecule has 1 saturated heterocycles. The van der Waals surface area contributed by atoms with Gasteiger partial charge in [0.05, 0.1) is 21.2 Å². The highest BCUT2D eigenvalue weighted by molar-refractivity contribution is 7.92. The Morgan fingerprint density at radius 1 is 1.28 bits per heavy atom. The van der Waals surface area contributed by atoms with Crippen LogP contribution in [0.3, 0.4) is 0 Å². The number of sulfone groups is 1. The Hall–Kier alpha value is -2.11. The monoisotopic (exact) mass is 437 g/mol. The molecule has 3 rings (SSSR count). The molecule has 2 fully saturated rings. The van der Waals surface area contributed by atoms with Crippen molar-refractivity contribution in [3.8, 4) is 6.07 Å². The molecule has 2 unspecified atom stereocenters. The Morgan fingerprint density at radius 3 is 2.41 bits per heavy atom. The van der Waals surface area contributed by atoms with E-state index in [-0.39, 0.29) is 28.8 Å². The molecule has 1 heterocycles. The molecule has 9 heteroatoms. The van der Waals surface area contributed by atoms with Gasteiger partial charge >= 0.3 is 0 Å².